The fourth-order valence-corrected chi connectivity index (χ4v) is 4.36. The third kappa shape index (κ3) is 2.92. The number of rotatable bonds is 5. The van der Waals surface area contributed by atoms with Gasteiger partial charge in [-0.2, -0.15) is 0 Å². The van der Waals surface area contributed by atoms with Crippen molar-refractivity contribution in [2.24, 2.45) is 17.1 Å². The summed E-state index contributed by atoms with van der Waals surface area (Å²) in [5.74, 6) is 0.100. The lowest BCUT2D eigenvalue weighted by molar-refractivity contribution is -0.129. The minimum atomic E-state index is -0.582. The summed E-state index contributed by atoms with van der Waals surface area (Å²) in [4.78, 5) is 31.9. The molecular formula is C18H25N5O3. The summed E-state index contributed by atoms with van der Waals surface area (Å²) in [6.45, 7) is 4.24. The molecule has 3 heterocycles. The lowest BCUT2D eigenvalue weighted by Gasteiger charge is -2.52. The van der Waals surface area contributed by atoms with Crippen LogP contribution in [0.15, 0.2) is 12.4 Å². The molecule has 5 unspecified atom stereocenters. The highest BCUT2D eigenvalue weighted by Gasteiger charge is 2.51. The highest BCUT2D eigenvalue weighted by atomic mass is 16.5. The van der Waals surface area contributed by atoms with E-state index in [1.807, 2.05) is 0 Å². The fraction of sp³-hybridized carbons (Fsp3) is 0.667. The zero-order valence-electron chi connectivity index (χ0n) is 15.1. The Morgan fingerprint density at radius 2 is 2.04 bits per heavy atom. The maximum absolute atomic E-state index is 12.6. The zero-order chi connectivity index (χ0) is 18.5. The number of hydrogen-bond acceptors (Lipinski definition) is 6. The molecule has 8 nitrogen and oxygen atoms in total. The van der Waals surface area contributed by atoms with Crippen LogP contribution in [0.1, 0.15) is 50.0 Å². The molecule has 2 bridgehead atoms. The van der Waals surface area contributed by atoms with Gasteiger partial charge >= 0.3 is 0 Å². The van der Waals surface area contributed by atoms with Crippen LogP contribution in [-0.4, -0.2) is 46.1 Å². The van der Waals surface area contributed by atoms with Crippen LogP contribution in [0.3, 0.4) is 0 Å². The molecule has 1 aromatic rings. The van der Waals surface area contributed by atoms with Crippen LogP contribution < -0.4 is 16.4 Å². The summed E-state index contributed by atoms with van der Waals surface area (Å²) in [5, 5.41) is 6.54. The standard InChI is InChI=1S/C18H25N5O3/c1-18(2)13(22-15-6-11(16(19)24)20-8-21-15)7-14(18)23-17(25)10-5-9-3-4-12(10)26-9/h6,8-10,12-14H,3-5,7H2,1-2H3,(H2,19,24)(H,23,25)(H,20,21,22). The summed E-state index contributed by atoms with van der Waals surface area (Å²) < 4.78 is 5.80. The van der Waals surface area contributed by atoms with Crippen molar-refractivity contribution >= 4 is 17.6 Å². The van der Waals surface area contributed by atoms with Gasteiger partial charge < -0.3 is 21.1 Å². The number of nitrogens with one attached hydrogen (secondary N) is 2. The first-order chi connectivity index (χ1) is 12.3. The second-order valence-electron chi connectivity index (χ2n) is 8.18. The maximum Gasteiger partial charge on any atom is 0.267 e. The average Bonchev–Trinajstić information content (AvgIpc) is 3.24. The highest BCUT2D eigenvalue weighted by molar-refractivity contribution is 5.91. The Kier molecular flexibility index (Phi) is 4.10. The molecule has 3 fully saturated rings. The van der Waals surface area contributed by atoms with Crippen LogP contribution in [0, 0.1) is 11.3 Å². The van der Waals surface area contributed by atoms with Gasteiger partial charge in [-0.1, -0.05) is 13.8 Å². The van der Waals surface area contributed by atoms with Crippen molar-refractivity contribution in [3.63, 3.8) is 0 Å². The van der Waals surface area contributed by atoms with Gasteiger partial charge in [-0.05, 0) is 25.7 Å². The zero-order valence-corrected chi connectivity index (χ0v) is 15.1. The molecule has 3 aliphatic rings. The summed E-state index contributed by atoms with van der Waals surface area (Å²) in [5.41, 5.74) is 5.31. The van der Waals surface area contributed by atoms with Crippen molar-refractivity contribution in [1.29, 1.82) is 0 Å². The number of fused-ring (bicyclic) bond motifs is 2. The minimum absolute atomic E-state index is 0.00320. The van der Waals surface area contributed by atoms with Crippen LogP contribution in [0.25, 0.3) is 0 Å². The molecule has 26 heavy (non-hydrogen) atoms. The van der Waals surface area contributed by atoms with Gasteiger partial charge in [-0.3, -0.25) is 9.59 Å². The molecule has 1 aliphatic carbocycles. The highest BCUT2D eigenvalue weighted by Crippen LogP contribution is 2.43. The first kappa shape index (κ1) is 17.2. The molecule has 2 aliphatic heterocycles. The van der Waals surface area contributed by atoms with Gasteiger partial charge in [0.1, 0.15) is 17.8 Å². The van der Waals surface area contributed by atoms with E-state index in [1.165, 1.54) is 6.33 Å². The smallest absolute Gasteiger partial charge is 0.267 e. The van der Waals surface area contributed by atoms with Gasteiger partial charge in [0.25, 0.3) is 5.91 Å². The van der Waals surface area contributed by atoms with Crippen LogP contribution >= 0.6 is 0 Å². The van der Waals surface area contributed by atoms with E-state index in [2.05, 4.69) is 34.4 Å². The quantitative estimate of drug-likeness (QED) is 0.717. The third-order valence-corrected chi connectivity index (χ3v) is 6.27. The fourth-order valence-electron chi connectivity index (χ4n) is 4.36. The number of carbonyl (C=O) groups is 2. The summed E-state index contributed by atoms with van der Waals surface area (Å²) in [6.07, 6.45) is 5.43. The van der Waals surface area contributed by atoms with E-state index in [-0.39, 0.29) is 47.2 Å². The van der Waals surface area contributed by atoms with Crippen LogP contribution in [0.5, 0.6) is 0 Å². The van der Waals surface area contributed by atoms with Crippen molar-refractivity contribution in [3.05, 3.63) is 18.1 Å². The van der Waals surface area contributed by atoms with E-state index in [4.69, 9.17) is 10.5 Å². The number of nitrogens with two attached hydrogens (primary N) is 1. The van der Waals surface area contributed by atoms with Gasteiger partial charge in [-0.25, -0.2) is 9.97 Å². The first-order valence-electron chi connectivity index (χ1n) is 9.19. The molecule has 1 aromatic heterocycles. The van der Waals surface area contributed by atoms with Crippen molar-refractivity contribution in [3.8, 4) is 0 Å². The van der Waals surface area contributed by atoms with Crippen LogP contribution in [-0.2, 0) is 9.53 Å². The molecule has 2 saturated heterocycles. The summed E-state index contributed by atoms with van der Waals surface area (Å²) >= 11 is 0. The largest absolute Gasteiger partial charge is 0.374 e. The van der Waals surface area contributed by atoms with Gasteiger partial charge in [0, 0.05) is 23.6 Å². The van der Waals surface area contributed by atoms with Crippen LogP contribution in [0.4, 0.5) is 5.82 Å². The maximum atomic E-state index is 12.6. The predicted molar refractivity (Wildman–Crippen MR) is 94.3 cm³/mol. The number of carbonyl (C=O) groups excluding carboxylic acids is 2. The van der Waals surface area contributed by atoms with Gasteiger partial charge in [0.15, 0.2) is 0 Å². The molecule has 1 saturated carbocycles. The Morgan fingerprint density at radius 3 is 2.65 bits per heavy atom. The van der Waals surface area contributed by atoms with E-state index in [0.29, 0.717) is 5.82 Å². The Bertz CT molecular complexity index is 737. The monoisotopic (exact) mass is 359 g/mol. The molecule has 4 rings (SSSR count). The Morgan fingerprint density at radius 1 is 1.23 bits per heavy atom. The van der Waals surface area contributed by atoms with E-state index < -0.39 is 5.91 Å². The van der Waals surface area contributed by atoms with Gasteiger partial charge in [0.05, 0.1) is 18.1 Å². The number of primary amides is 1. The Labute approximate surface area is 152 Å². The van der Waals surface area contributed by atoms with E-state index in [9.17, 15) is 9.59 Å². The van der Waals surface area contributed by atoms with E-state index in [1.54, 1.807) is 6.07 Å². The Balaban J connectivity index is 1.35. The number of ether oxygens (including phenoxy) is 1. The number of amides is 2. The molecule has 0 aromatic carbocycles. The van der Waals surface area contributed by atoms with Crippen molar-refractivity contribution < 1.29 is 14.3 Å². The number of aromatic nitrogens is 2. The minimum Gasteiger partial charge on any atom is -0.374 e. The molecule has 0 spiro atoms. The molecule has 2 amide bonds. The lowest BCUT2D eigenvalue weighted by atomic mass is 9.62. The Hall–Kier alpha value is -2.22. The molecule has 8 heteroatoms. The van der Waals surface area contributed by atoms with Crippen molar-refractivity contribution in [1.82, 2.24) is 15.3 Å². The molecule has 4 N–H and O–H groups in total. The van der Waals surface area contributed by atoms with Crippen molar-refractivity contribution in [2.45, 2.75) is 63.8 Å². The molecule has 140 valence electrons. The van der Waals surface area contributed by atoms with Gasteiger partial charge in [-0.15, -0.1) is 0 Å². The summed E-state index contributed by atoms with van der Waals surface area (Å²) in [7, 11) is 0. The second kappa shape index (κ2) is 6.19. The SMILES string of the molecule is CC1(C)C(NC(=O)C2CC3CCC2O3)CC1Nc1cc(C(N)=O)ncn1. The average molecular weight is 359 g/mol. The number of nitrogens with zero attached hydrogens (tertiary/aromatic N) is 2. The predicted octanol–water partition coefficient (Wildman–Crippen LogP) is 0.838. The molecule has 0 radical (unpaired) electrons. The van der Waals surface area contributed by atoms with Gasteiger partial charge in [0.2, 0.25) is 5.91 Å². The van der Waals surface area contributed by atoms with Crippen LogP contribution in [0.2, 0.25) is 0 Å². The number of anilines is 1. The topological polar surface area (TPSA) is 119 Å². The summed E-state index contributed by atoms with van der Waals surface area (Å²) in [6, 6.07) is 1.79. The lowest BCUT2D eigenvalue weighted by Crippen LogP contribution is -2.64. The normalized spacial score (nSPS) is 34.2. The van der Waals surface area contributed by atoms with E-state index in [0.717, 1.165) is 25.7 Å². The van der Waals surface area contributed by atoms with E-state index >= 15 is 0 Å². The first-order valence-corrected chi connectivity index (χ1v) is 9.19. The molecular weight excluding hydrogens is 334 g/mol. The number of hydrogen-bond donors (Lipinski definition) is 3. The van der Waals surface area contributed by atoms with Crippen molar-refractivity contribution in [2.75, 3.05) is 5.32 Å². The third-order valence-electron chi connectivity index (χ3n) is 6.27. The molecule has 5 atom stereocenters. The second-order valence-corrected chi connectivity index (χ2v) is 8.18.